The molecule has 3 nitrogen and oxygen atoms in total. The number of piperidine rings is 1. The summed E-state index contributed by atoms with van der Waals surface area (Å²) >= 11 is 3.53. The van der Waals surface area contributed by atoms with Crippen LogP contribution in [0.3, 0.4) is 0 Å². The van der Waals surface area contributed by atoms with Crippen molar-refractivity contribution in [1.29, 1.82) is 0 Å². The van der Waals surface area contributed by atoms with Crippen LogP contribution in [0.25, 0.3) is 0 Å². The highest BCUT2D eigenvalue weighted by molar-refractivity contribution is 9.10. The second-order valence-electron chi connectivity index (χ2n) is 4.93. The third-order valence-corrected chi connectivity index (χ3v) is 4.52. The molecule has 0 aromatic heterocycles. The van der Waals surface area contributed by atoms with E-state index in [9.17, 15) is 5.11 Å². The number of phenols is 1. The molecule has 1 unspecified atom stereocenters. The Labute approximate surface area is 117 Å². The number of phenolic OH excluding ortho intramolecular Hbond substituents is 1. The maximum Gasteiger partial charge on any atom is 0.161 e. The van der Waals surface area contributed by atoms with Crippen molar-refractivity contribution in [2.24, 2.45) is 5.92 Å². The van der Waals surface area contributed by atoms with Crippen LogP contribution >= 0.6 is 15.9 Å². The van der Waals surface area contributed by atoms with E-state index in [1.165, 1.54) is 12.8 Å². The van der Waals surface area contributed by atoms with E-state index in [-0.39, 0.29) is 0 Å². The van der Waals surface area contributed by atoms with Crippen LogP contribution in [0.2, 0.25) is 0 Å². The molecule has 100 valence electrons. The lowest BCUT2D eigenvalue weighted by molar-refractivity contribution is 0.353. The normalized spacial score (nSPS) is 19.8. The topological polar surface area (TPSA) is 41.5 Å². The van der Waals surface area contributed by atoms with Crippen molar-refractivity contribution in [3.8, 4) is 11.5 Å². The van der Waals surface area contributed by atoms with Gasteiger partial charge in [-0.05, 0) is 56.8 Å². The summed E-state index contributed by atoms with van der Waals surface area (Å²) in [7, 11) is 1.59. The van der Waals surface area contributed by atoms with Crippen LogP contribution in [-0.4, -0.2) is 25.3 Å². The van der Waals surface area contributed by atoms with Crippen molar-refractivity contribution in [1.82, 2.24) is 5.32 Å². The number of ether oxygens (including phenoxy) is 1. The summed E-state index contributed by atoms with van der Waals surface area (Å²) in [6, 6.07) is 1.83. The first-order valence-electron chi connectivity index (χ1n) is 6.39. The lowest BCUT2D eigenvalue weighted by Crippen LogP contribution is -2.31. The van der Waals surface area contributed by atoms with E-state index < -0.39 is 0 Å². The summed E-state index contributed by atoms with van der Waals surface area (Å²) < 4.78 is 6.21. The van der Waals surface area contributed by atoms with Crippen LogP contribution in [-0.2, 0) is 6.42 Å². The van der Waals surface area contributed by atoms with Gasteiger partial charge in [0.25, 0.3) is 0 Å². The molecule has 4 heteroatoms. The molecule has 1 aromatic carbocycles. The maximum atomic E-state index is 10.3. The lowest BCUT2D eigenvalue weighted by atomic mass is 9.90. The predicted molar refractivity (Wildman–Crippen MR) is 76.4 cm³/mol. The summed E-state index contributed by atoms with van der Waals surface area (Å²) in [4.78, 5) is 0. The number of halogens is 1. The van der Waals surface area contributed by atoms with E-state index in [0.717, 1.165) is 35.1 Å². The Morgan fingerprint density at radius 3 is 2.94 bits per heavy atom. The van der Waals surface area contributed by atoms with Gasteiger partial charge < -0.3 is 15.2 Å². The molecule has 0 bridgehead atoms. The van der Waals surface area contributed by atoms with Gasteiger partial charge in [-0.2, -0.15) is 0 Å². The molecular weight excluding hydrogens is 294 g/mol. The predicted octanol–water partition coefficient (Wildman–Crippen LogP) is 3.01. The first-order valence-corrected chi connectivity index (χ1v) is 7.18. The number of benzene rings is 1. The molecule has 18 heavy (non-hydrogen) atoms. The Bertz CT molecular complexity index is 428. The molecule has 2 rings (SSSR count). The Morgan fingerprint density at radius 2 is 2.33 bits per heavy atom. The number of nitrogens with one attached hydrogen (secondary N) is 1. The van der Waals surface area contributed by atoms with Crippen LogP contribution in [0.4, 0.5) is 0 Å². The monoisotopic (exact) mass is 313 g/mol. The summed E-state index contributed by atoms with van der Waals surface area (Å²) in [5.74, 6) is 1.44. The molecule has 1 aliphatic rings. The van der Waals surface area contributed by atoms with E-state index >= 15 is 0 Å². The van der Waals surface area contributed by atoms with Gasteiger partial charge in [0.1, 0.15) is 0 Å². The van der Waals surface area contributed by atoms with Crippen molar-refractivity contribution in [2.75, 3.05) is 20.2 Å². The molecule has 1 heterocycles. The van der Waals surface area contributed by atoms with Gasteiger partial charge in [-0.1, -0.05) is 15.9 Å². The van der Waals surface area contributed by atoms with Crippen molar-refractivity contribution in [2.45, 2.75) is 26.2 Å². The van der Waals surface area contributed by atoms with E-state index in [4.69, 9.17) is 4.74 Å². The molecule has 0 saturated carbocycles. The minimum absolute atomic E-state index is 0.295. The average Bonchev–Trinajstić information content (AvgIpc) is 2.40. The zero-order valence-electron chi connectivity index (χ0n) is 10.9. The Hall–Kier alpha value is -0.740. The Balaban J connectivity index is 2.27. The SMILES string of the molecule is COc1cc(Br)c(C)c(CC2CCCNC2)c1O. The zero-order chi connectivity index (χ0) is 13.1. The van der Waals surface area contributed by atoms with Crippen LogP contribution in [0, 0.1) is 12.8 Å². The van der Waals surface area contributed by atoms with Gasteiger partial charge in [-0.3, -0.25) is 0 Å². The van der Waals surface area contributed by atoms with E-state index in [1.54, 1.807) is 7.11 Å². The molecule has 0 radical (unpaired) electrons. The Morgan fingerprint density at radius 1 is 1.56 bits per heavy atom. The third kappa shape index (κ3) is 2.81. The zero-order valence-corrected chi connectivity index (χ0v) is 12.5. The van der Waals surface area contributed by atoms with Gasteiger partial charge in [0.2, 0.25) is 0 Å². The van der Waals surface area contributed by atoms with Gasteiger partial charge in [0, 0.05) is 10.0 Å². The highest BCUT2D eigenvalue weighted by Gasteiger charge is 2.20. The fourth-order valence-corrected chi connectivity index (χ4v) is 3.00. The van der Waals surface area contributed by atoms with Gasteiger partial charge in [0.15, 0.2) is 11.5 Å². The van der Waals surface area contributed by atoms with E-state index in [1.807, 2.05) is 13.0 Å². The number of rotatable bonds is 3. The third-order valence-electron chi connectivity index (χ3n) is 3.70. The molecule has 0 aliphatic carbocycles. The van der Waals surface area contributed by atoms with Crippen LogP contribution in [0.15, 0.2) is 10.5 Å². The molecule has 0 spiro atoms. The second-order valence-corrected chi connectivity index (χ2v) is 5.78. The maximum absolute atomic E-state index is 10.3. The molecule has 1 saturated heterocycles. The molecule has 1 aromatic rings. The minimum Gasteiger partial charge on any atom is -0.504 e. The van der Waals surface area contributed by atoms with Crippen molar-refractivity contribution < 1.29 is 9.84 Å². The highest BCUT2D eigenvalue weighted by atomic mass is 79.9. The average molecular weight is 314 g/mol. The van der Waals surface area contributed by atoms with Crippen LogP contribution in [0.5, 0.6) is 11.5 Å². The number of hydrogen-bond acceptors (Lipinski definition) is 3. The number of methoxy groups -OCH3 is 1. The molecule has 2 N–H and O–H groups in total. The fraction of sp³-hybridized carbons (Fsp3) is 0.571. The van der Waals surface area contributed by atoms with Gasteiger partial charge in [0.05, 0.1) is 7.11 Å². The second kappa shape index (κ2) is 5.93. The van der Waals surface area contributed by atoms with Crippen molar-refractivity contribution >= 4 is 15.9 Å². The van der Waals surface area contributed by atoms with Gasteiger partial charge >= 0.3 is 0 Å². The largest absolute Gasteiger partial charge is 0.504 e. The molecule has 1 fully saturated rings. The van der Waals surface area contributed by atoms with Crippen LogP contribution in [0.1, 0.15) is 24.0 Å². The highest BCUT2D eigenvalue weighted by Crippen LogP contribution is 2.38. The van der Waals surface area contributed by atoms with Gasteiger partial charge in [-0.25, -0.2) is 0 Å². The quantitative estimate of drug-likeness (QED) is 0.901. The van der Waals surface area contributed by atoms with E-state index in [0.29, 0.717) is 17.4 Å². The number of hydrogen-bond donors (Lipinski definition) is 2. The van der Waals surface area contributed by atoms with Gasteiger partial charge in [-0.15, -0.1) is 0 Å². The molecule has 1 aliphatic heterocycles. The van der Waals surface area contributed by atoms with E-state index in [2.05, 4.69) is 21.2 Å². The lowest BCUT2D eigenvalue weighted by Gasteiger charge is -2.24. The molecule has 0 amide bonds. The fourth-order valence-electron chi connectivity index (χ4n) is 2.55. The summed E-state index contributed by atoms with van der Waals surface area (Å²) in [5, 5.41) is 13.7. The Kier molecular flexibility index (Phi) is 4.51. The summed E-state index contributed by atoms with van der Waals surface area (Å²) in [6.45, 7) is 4.19. The number of aromatic hydroxyl groups is 1. The summed E-state index contributed by atoms with van der Waals surface area (Å²) in [6.07, 6.45) is 3.34. The first kappa shape index (κ1) is 13.7. The standard InChI is InChI=1S/C14H20BrNO2/c1-9-11(6-10-4-3-5-16-8-10)14(17)13(18-2)7-12(9)15/h7,10,16-17H,3-6,8H2,1-2H3. The molecular formula is C14H20BrNO2. The minimum atomic E-state index is 0.295. The smallest absolute Gasteiger partial charge is 0.161 e. The van der Waals surface area contributed by atoms with Crippen molar-refractivity contribution in [3.05, 3.63) is 21.7 Å². The summed E-state index contributed by atoms with van der Waals surface area (Å²) in [5.41, 5.74) is 2.12. The van der Waals surface area contributed by atoms with Crippen LogP contribution < -0.4 is 10.1 Å². The van der Waals surface area contributed by atoms with Crippen molar-refractivity contribution in [3.63, 3.8) is 0 Å². The first-order chi connectivity index (χ1) is 8.63. The molecule has 1 atom stereocenters.